The number of hydrogen-bond donors (Lipinski definition) is 2. The Balaban J connectivity index is 1.54. The van der Waals surface area contributed by atoms with Crippen LogP contribution in [0.5, 0.6) is 11.5 Å². The van der Waals surface area contributed by atoms with Crippen molar-refractivity contribution in [2.24, 2.45) is 0 Å². The molecule has 0 aliphatic heterocycles. The number of ether oxygens (including phenoxy) is 2. The Morgan fingerprint density at radius 1 is 0.844 bits per heavy atom. The number of rotatable bonds is 9. The minimum atomic E-state index is -0.457. The van der Waals surface area contributed by atoms with Crippen LogP contribution >= 0.6 is 0 Å². The number of benzene rings is 3. The van der Waals surface area contributed by atoms with E-state index in [4.69, 9.17) is 9.47 Å². The summed E-state index contributed by atoms with van der Waals surface area (Å²) in [5, 5.41) is 5.68. The highest BCUT2D eigenvalue weighted by atomic mass is 16.5. The molecule has 3 rings (SSSR count). The van der Waals surface area contributed by atoms with E-state index in [9.17, 15) is 14.4 Å². The zero-order chi connectivity index (χ0) is 22.8. The van der Waals surface area contributed by atoms with Gasteiger partial charge in [0.2, 0.25) is 5.91 Å². The van der Waals surface area contributed by atoms with Gasteiger partial charge in [0.25, 0.3) is 5.91 Å². The third-order valence-corrected chi connectivity index (χ3v) is 4.43. The fraction of sp³-hybridized carbons (Fsp3) is 0.160. The largest absolute Gasteiger partial charge is 0.493 e. The lowest BCUT2D eigenvalue weighted by molar-refractivity contribution is -0.131. The predicted octanol–water partition coefficient (Wildman–Crippen LogP) is 3.95. The van der Waals surface area contributed by atoms with Gasteiger partial charge in [0.05, 0.1) is 13.0 Å². The van der Waals surface area contributed by atoms with Crippen molar-refractivity contribution in [3.05, 3.63) is 90.0 Å². The Kier molecular flexibility index (Phi) is 7.97. The normalized spacial score (nSPS) is 10.2. The van der Waals surface area contributed by atoms with Crippen molar-refractivity contribution in [2.45, 2.75) is 19.9 Å². The first-order valence-electron chi connectivity index (χ1n) is 10.1. The Morgan fingerprint density at radius 3 is 2.34 bits per heavy atom. The third kappa shape index (κ3) is 6.98. The first-order valence-corrected chi connectivity index (χ1v) is 10.1. The zero-order valence-electron chi connectivity index (χ0n) is 17.7. The van der Waals surface area contributed by atoms with Crippen molar-refractivity contribution in [1.29, 1.82) is 0 Å². The molecule has 3 aromatic rings. The second kappa shape index (κ2) is 11.3. The van der Waals surface area contributed by atoms with E-state index in [-0.39, 0.29) is 31.4 Å². The molecule has 0 aliphatic rings. The molecule has 0 atom stereocenters. The van der Waals surface area contributed by atoms with Crippen LogP contribution in [-0.4, -0.2) is 24.4 Å². The number of anilines is 1. The van der Waals surface area contributed by atoms with Gasteiger partial charge in [-0.2, -0.15) is 0 Å². The molecular weight excluding hydrogens is 408 g/mol. The van der Waals surface area contributed by atoms with Crippen LogP contribution in [0.3, 0.4) is 0 Å². The molecule has 0 heterocycles. The van der Waals surface area contributed by atoms with E-state index in [0.717, 1.165) is 5.56 Å². The van der Waals surface area contributed by atoms with Gasteiger partial charge in [0.15, 0.2) is 0 Å². The molecule has 2 amide bonds. The average Bonchev–Trinajstić information content (AvgIpc) is 2.79. The first-order chi connectivity index (χ1) is 15.5. The Bertz CT molecular complexity index is 1080. The highest BCUT2D eigenvalue weighted by molar-refractivity contribution is 5.95. The van der Waals surface area contributed by atoms with Crippen molar-refractivity contribution in [2.75, 3.05) is 11.9 Å². The lowest BCUT2D eigenvalue weighted by Gasteiger charge is -2.13. The predicted molar refractivity (Wildman–Crippen MR) is 121 cm³/mol. The fourth-order valence-electron chi connectivity index (χ4n) is 2.93. The maximum atomic E-state index is 12.5. The van der Waals surface area contributed by atoms with E-state index in [1.165, 1.54) is 13.0 Å². The second-order valence-corrected chi connectivity index (χ2v) is 6.92. The molecule has 0 saturated heterocycles. The summed E-state index contributed by atoms with van der Waals surface area (Å²) in [5.74, 6) is 0.0447. The average molecular weight is 432 g/mol. The van der Waals surface area contributed by atoms with Gasteiger partial charge >= 0.3 is 5.97 Å². The molecule has 0 aromatic heterocycles. The van der Waals surface area contributed by atoms with Gasteiger partial charge in [-0.3, -0.25) is 14.4 Å². The summed E-state index contributed by atoms with van der Waals surface area (Å²) in [6.07, 6.45) is 0.193. The maximum absolute atomic E-state index is 12.5. The van der Waals surface area contributed by atoms with Crippen LogP contribution in [0.1, 0.15) is 29.3 Å². The monoisotopic (exact) mass is 432 g/mol. The van der Waals surface area contributed by atoms with Crippen molar-refractivity contribution >= 4 is 23.5 Å². The highest BCUT2D eigenvalue weighted by Gasteiger charge is 2.11. The van der Waals surface area contributed by atoms with Crippen molar-refractivity contribution < 1.29 is 23.9 Å². The fourth-order valence-corrected chi connectivity index (χ4v) is 2.93. The van der Waals surface area contributed by atoms with Gasteiger partial charge in [-0.15, -0.1) is 0 Å². The summed E-state index contributed by atoms with van der Waals surface area (Å²) in [7, 11) is 0. The van der Waals surface area contributed by atoms with Gasteiger partial charge in [-0.25, -0.2) is 0 Å². The van der Waals surface area contributed by atoms with Crippen LogP contribution in [0.25, 0.3) is 0 Å². The minimum absolute atomic E-state index is 0.186. The molecule has 2 N–H and O–H groups in total. The van der Waals surface area contributed by atoms with Crippen LogP contribution in [0.2, 0.25) is 0 Å². The second-order valence-electron chi connectivity index (χ2n) is 6.92. The number of esters is 1. The van der Waals surface area contributed by atoms with Crippen molar-refractivity contribution in [1.82, 2.24) is 5.32 Å². The Morgan fingerprint density at radius 2 is 1.56 bits per heavy atom. The van der Waals surface area contributed by atoms with Crippen molar-refractivity contribution in [3.8, 4) is 11.5 Å². The molecule has 0 radical (unpaired) electrons. The van der Waals surface area contributed by atoms with Crippen LogP contribution < -0.4 is 20.1 Å². The lowest BCUT2D eigenvalue weighted by atomic mass is 10.1. The van der Waals surface area contributed by atoms with Gasteiger partial charge < -0.3 is 20.1 Å². The number of para-hydroxylation sites is 2. The molecule has 0 saturated carbocycles. The van der Waals surface area contributed by atoms with E-state index in [2.05, 4.69) is 10.6 Å². The molecule has 0 aliphatic carbocycles. The van der Waals surface area contributed by atoms with Gasteiger partial charge in [0, 0.05) is 24.7 Å². The highest BCUT2D eigenvalue weighted by Crippen LogP contribution is 2.17. The smallest absolute Gasteiger partial charge is 0.308 e. The molecule has 0 fully saturated rings. The van der Waals surface area contributed by atoms with E-state index in [1.54, 1.807) is 24.3 Å². The van der Waals surface area contributed by atoms with Crippen LogP contribution in [0, 0.1) is 0 Å². The summed E-state index contributed by atoms with van der Waals surface area (Å²) in [6, 6.07) is 22.9. The van der Waals surface area contributed by atoms with E-state index < -0.39 is 5.97 Å². The summed E-state index contributed by atoms with van der Waals surface area (Å²) in [5.41, 5.74) is 1.74. The molecule has 0 unspecified atom stereocenters. The zero-order valence-corrected chi connectivity index (χ0v) is 17.7. The van der Waals surface area contributed by atoms with Crippen LogP contribution in [0.15, 0.2) is 78.9 Å². The van der Waals surface area contributed by atoms with Gasteiger partial charge in [-0.05, 0) is 42.0 Å². The summed E-state index contributed by atoms with van der Waals surface area (Å²) in [4.78, 5) is 35.9. The minimum Gasteiger partial charge on any atom is -0.493 e. The molecule has 7 nitrogen and oxygen atoms in total. The van der Waals surface area contributed by atoms with Crippen LogP contribution in [-0.2, 0) is 16.1 Å². The number of nitrogens with one attached hydrogen (secondary N) is 2. The quantitative estimate of drug-likeness (QED) is 0.394. The summed E-state index contributed by atoms with van der Waals surface area (Å²) in [6.45, 7) is 1.77. The van der Waals surface area contributed by atoms with E-state index in [1.807, 2.05) is 48.5 Å². The standard InChI is InChI=1S/C25H24N2O5/c1-18(28)32-22-12-7-9-19(16-22)25(30)26-17-20-8-5-6-13-23(20)27-24(29)14-15-31-21-10-3-2-4-11-21/h2-13,16H,14-15,17H2,1H3,(H,26,30)(H,27,29). The molecule has 164 valence electrons. The lowest BCUT2D eigenvalue weighted by Crippen LogP contribution is -2.24. The van der Waals surface area contributed by atoms with Gasteiger partial charge in [-0.1, -0.05) is 42.5 Å². The van der Waals surface area contributed by atoms with Gasteiger partial charge in [0.1, 0.15) is 11.5 Å². The Labute approximate surface area is 186 Å². The number of carbonyl (C=O) groups excluding carboxylic acids is 3. The molecule has 3 aromatic carbocycles. The number of hydrogen-bond acceptors (Lipinski definition) is 5. The SMILES string of the molecule is CC(=O)Oc1cccc(C(=O)NCc2ccccc2NC(=O)CCOc2ccccc2)c1. The molecule has 32 heavy (non-hydrogen) atoms. The molecule has 7 heteroatoms. The third-order valence-electron chi connectivity index (χ3n) is 4.43. The maximum Gasteiger partial charge on any atom is 0.308 e. The number of amides is 2. The number of carbonyl (C=O) groups is 3. The van der Waals surface area contributed by atoms with Crippen LogP contribution in [0.4, 0.5) is 5.69 Å². The Hall–Kier alpha value is -4.13. The topological polar surface area (TPSA) is 93.7 Å². The molecular formula is C25H24N2O5. The molecule has 0 bridgehead atoms. The summed E-state index contributed by atoms with van der Waals surface area (Å²) < 4.78 is 10.6. The molecule has 0 spiro atoms. The van der Waals surface area contributed by atoms with E-state index >= 15 is 0 Å². The van der Waals surface area contributed by atoms with E-state index in [0.29, 0.717) is 22.7 Å². The van der Waals surface area contributed by atoms with Crippen molar-refractivity contribution in [3.63, 3.8) is 0 Å². The first kappa shape index (κ1) is 22.6. The summed E-state index contributed by atoms with van der Waals surface area (Å²) >= 11 is 0.